The fraction of sp³-hybridized carbons (Fsp3) is 0.375. The summed E-state index contributed by atoms with van der Waals surface area (Å²) in [6, 6.07) is 5.74. The fourth-order valence-corrected chi connectivity index (χ4v) is 3.47. The maximum absolute atomic E-state index is 13.3. The van der Waals surface area contributed by atoms with Crippen molar-refractivity contribution in [3.63, 3.8) is 0 Å². The van der Waals surface area contributed by atoms with Gasteiger partial charge >= 0.3 is 6.18 Å². The normalized spacial score (nSPS) is 17.2. The van der Waals surface area contributed by atoms with E-state index in [9.17, 15) is 13.2 Å². The number of rotatable bonds is 5. The van der Waals surface area contributed by atoms with Crippen LogP contribution >= 0.6 is 11.8 Å². The first-order valence-corrected chi connectivity index (χ1v) is 9.24. The molecule has 0 amide bonds. The SMILES string of the molecule is FC(F)(F)c1cc(Sc2nnnn2CC2CCCO2)nc(-c2ccccn2)n1. The third-order valence-corrected chi connectivity index (χ3v) is 4.88. The molecule has 1 atom stereocenters. The van der Waals surface area contributed by atoms with E-state index in [2.05, 4.69) is 30.5 Å². The first-order chi connectivity index (χ1) is 13.5. The number of nitrogens with zero attached hydrogens (tertiary/aromatic N) is 7. The molecular weight excluding hydrogens is 395 g/mol. The first-order valence-electron chi connectivity index (χ1n) is 8.42. The highest BCUT2D eigenvalue weighted by Gasteiger charge is 2.34. The Labute approximate surface area is 161 Å². The third-order valence-electron chi connectivity index (χ3n) is 3.98. The van der Waals surface area contributed by atoms with E-state index in [-0.39, 0.29) is 22.6 Å². The number of ether oxygens (including phenoxy) is 1. The average molecular weight is 409 g/mol. The van der Waals surface area contributed by atoms with Gasteiger partial charge in [0.2, 0.25) is 5.16 Å². The number of tetrazole rings is 1. The second kappa shape index (κ2) is 7.80. The predicted molar refractivity (Wildman–Crippen MR) is 91.2 cm³/mol. The summed E-state index contributed by atoms with van der Waals surface area (Å²) in [6.07, 6.45) is -1.31. The molecule has 0 aliphatic carbocycles. The summed E-state index contributed by atoms with van der Waals surface area (Å²) < 4.78 is 47.0. The zero-order valence-electron chi connectivity index (χ0n) is 14.4. The van der Waals surface area contributed by atoms with E-state index >= 15 is 0 Å². The lowest BCUT2D eigenvalue weighted by atomic mass is 10.2. The van der Waals surface area contributed by atoms with Crippen LogP contribution in [0, 0.1) is 0 Å². The van der Waals surface area contributed by atoms with Gasteiger partial charge in [-0.15, -0.1) is 5.10 Å². The quantitative estimate of drug-likeness (QED) is 0.594. The Kier molecular flexibility index (Phi) is 5.22. The molecule has 8 nitrogen and oxygen atoms in total. The highest BCUT2D eigenvalue weighted by molar-refractivity contribution is 7.99. The van der Waals surface area contributed by atoms with Crippen molar-refractivity contribution in [3.8, 4) is 11.5 Å². The Hall–Kier alpha value is -2.60. The van der Waals surface area contributed by atoms with Gasteiger partial charge in [-0.3, -0.25) is 4.98 Å². The number of hydrogen-bond acceptors (Lipinski definition) is 8. The van der Waals surface area contributed by atoms with Crippen LogP contribution in [0.3, 0.4) is 0 Å². The predicted octanol–water partition coefficient (Wildman–Crippen LogP) is 2.87. The largest absolute Gasteiger partial charge is 0.433 e. The molecule has 12 heteroatoms. The topological polar surface area (TPSA) is 91.5 Å². The van der Waals surface area contributed by atoms with Gasteiger partial charge in [0.1, 0.15) is 16.4 Å². The lowest BCUT2D eigenvalue weighted by molar-refractivity contribution is -0.141. The van der Waals surface area contributed by atoms with Gasteiger partial charge in [-0.25, -0.2) is 14.6 Å². The third kappa shape index (κ3) is 4.28. The van der Waals surface area contributed by atoms with E-state index in [4.69, 9.17) is 4.74 Å². The maximum Gasteiger partial charge on any atom is 0.433 e. The summed E-state index contributed by atoms with van der Waals surface area (Å²) >= 11 is 0.936. The van der Waals surface area contributed by atoms with Crippen molar-refractivity contribution >= 4 is 11.8 Å². The molecule has 4 heterocycles. The van der Waals surface area contributed by atoms with Crippen molar-refractivity contribution in [3.05, 3.63) is 36.2 Å². The molecule has 0 spiro atoms. The maximum atomic E-state index is 13.3. The summed E-state index contributed by atoms with van der Waals surface area (Å²) in [5.41, 5.74) is -0.807. The van der Waals surface area contributed by atoms with Crippen molar-refractivity contribution in [2.75, 3.05) is 6.61 Å². The summed E-state index contributed by atoms with van der Waals surface area (Å²) in [5, 5.41) is 11.8. The van der Waals surface area contributed by atoms with Crippen LogP contribution in [-0.4, -0.2) is 47.9 Å². The van der Waals surface area contributed by atoms with Crippen LogP contribution < -0.4 is 0 Å². The van der Waals surface area contributed by atoms with Crippen molar-refractivity contribution in [2.24, 2.45) is 0 Å². The summed E-state index contributed by atoms with van der Waals surface area (Å²) in [6.45, 7) is 1.11. The molecule has 0 aromatic carbocycles. The second-order valence-electron chi connectivity index (χ2n) is 6.01. The zero-order valence-corrected chi connectivity index (χ0v) is 15.2. The highest BCUT2D eigenvalue weighted by Crippen LogP contribution is 2.33. The van der Waals surface area contributed by atoms with Gasteiger partial charge in [-0.1, -0.05) is 6.07 Å². The van der Waals surface area contributed by atoms with Crippen LogP contribution in [0.15, 0.2) is 40.6 Å². The minimum atomic E-state index is -4.62. The van der Waals surface area contributed by atoms with Gasteiger partial charge in [-0.2, -0.15) is 13.2 Å². The van der Waals surface area contributed by atoms with Crippen molar-refractivity contribution in [1.82, 2.24) is 35.2 Å². The van der Waals surface area contributed by atoms with Crippen LogP contribution in [0.5, 0.6) is 0 Å². The number of pyridine rings is 1. The number of halogens is 3. The number of hydrogen-bond donors (Lipinski definition) is 0. The van der Waals surface area contributed by atoms with Crippen molar-refractivity contribution in [1.29, 1.82) is 0 Å². The van der Waals surface area contributed by atoms with Crippen LogP contribution in [0.1, 0.15) is 18.5 Å². The molecule has 1 aliphatic rings. The van der Waals surface area contributed by atoms with Gasteiger partial charge in [0.25, 0.3) is 0 Å². The van der Waals surface area contributed by atoms with E-state index < -0.39 is 11.9 Å². The van der Waals surface area contributed by atoms with E-state index in [0.29, 0.717) is 18.3 Å². The molecule has 0 bridgehead atoms. The molecule has 146 valence electrons. The van der Waals surface area contributed by atoms with Crippen LogP contribution in [0.2, 0.25) is 0 Å². The second-order valence-corrected chi connectivity index (χ2v) is 7.00. The van der Waals surface area contributed by atoms with E-state index in [1.54, 1.807) is 18.2 Å². The standard InChI is InChI=1S/C16H14F3N7OS/c17-16(18,19)12-8-13(22-14(21-12)11-5-1-2-6-20-11)28-15-23-24-25-26(15)9-10-4-3-7-27-10/h1-2,5-6,8,10H,3-4,7,9H2. The van der Waals surface area contributed by atoms with Gasteiger partial charge in [0.15, 0.2) is 5.82 Å². The Balaban J connectivity index is 1.65. The summed E-state index contributed by atoms with van der Waals surface area (Å²) in [7, 11) is 0. The Morgan fingerprint density at radius 3 is 2.86 bits per heavy atom. The first kappa shape index (κ1) is 18.7. The molecular formula is C16H14F3N7OS. The van der Waals surface area contributed by atoms with Gasteiger partial charge in [0.05, 0.1) is 12.6 Å². The Morgan fingerprint density at radius 2 is 2.14 bits per heavy atom. The summed E-state index contributed by atoms with van der Waals surface area (Å²) in [5.74, 6) is -0.115. The molecule has 0 saturated carbocycles. The molecule has 0 radical (unpaired) electrons. The molecule has 0 N–H and O–H groups in total. The van der Waals surface area contributed by atoms with Gasteiger partial charge in [0, 0.05) is 18.9 Å². The molecule has 28 heavy (non-hydrogen) atoms. The summed E-state index contributed by atoms with van der Waals surface area (Å²) in [4.78, 5) is 11.9. The Morgan fingerprint density at radius 1 is 1.25 bits per heavy atom. The van der Waals surface area contributed by atoms with Crippen LogP contribution in [0.25, 0.3) is 11.5 Å². The highest BCUT2D eigenvalue weighted by atomic mass is 32.2. The Bertz CT molecular complexity index is 945. The van der Waals surface area contributed by atoms with E-state index in [0.717, 1.165) is 30.7 Å². The molecule has 1 fully saturated rings. The van der Waals surface area contributed by atoms with E-state index in [1.807, 2.05) is 0 Å². The van der Waals surface area contributed by atoms with Gasteiger partial charge in [-0.05, 0) is 47.2 Å². The lowest BCUT2D eigenvalue weighted by Crippen LogP contribution is -2.17. The molecule has 4 rings (SSSR count). The van der Waals surface area contributed by atoms with E-state index in [1.165, 1.54) is 10.9 Å². The van der Waals surface area contributed by atoms with Crippen LogP contribution in [-0.2, 0) is 17.5 Å². The molecule has 1 unspecified atom stereocenters. The molecule has 1 saturated heterocycles. The monoisotopic (exact) mass is 409 g/mol. The fourth-order valence-electron chi connectivity index (χ4n) is 2.69. The van der Waals surface area contributed by atoms with Crippen LogP contribution in [0.4, 0.5) is 13.2 Å². The molecule has 1 aliphatic heterocycles. The molecule has 3 aromatic rings. The smallest absolute Gasteiger partial charge is 0.376 e. The minimum absolute atomic E-state index is 0.0111. The minimum Gasteiger partial charge on any atom is -0.376 e. The number of alkyl halides is 3. The lowest BCUT2D eigenvalue weighted by Gasteiger charge is -2.11. The average Bonchev–Trinajstić information content (AvgIpc) is 3.34. The van der Waals surface area contributed by atoms with Crippen molar-refractivity contribution < 1.29 is 17.9 Å². The van der Waals surface area contributed by atoms with Gasteiger partial charge < -0.3 is 4.74 Å². The molecule has 3 aromatic heterocycles. The van der Waals surface area contributed by atoms with Crippen molar-refractivity contribution in [2.45, 2.75) is 41.8 Å². The number of aromatic nitrogens is 7. The zero-order chi connectivity index (χ0) is 19.6.